The van der Waals surface area contributed by atoms with E-state index in [-0.39, 0.29) is 10.5 Å². The molecule has 0 saturated heterocycles. The molecule has 0 radical (unpaired) electrons. The molecule has 1 fully saturated rings. The number of fused-ring (bicyclic) bond motifs is 1. The molecule has 176 valence electrons. The summed E-state index contributed by atoms with van der Waals surface area (Å²) >= 11 is 0. The van der Waals surface area contributed by atoms with Gasteiger partial charge in [-0.2, -0.15) is 0 Å². The number of Topliss-reactive ketones (excluding diaryl/α,β-unsaturated/α-hetero) is 1. The maximum atomic E-state index is 12.5. The minimum absolute atomic E-state index is 0.00277. The fourth-order valence-electron chi connectivity index (χ4n) is 6.66. The molecule has 2 aromatic carbocycles. The minimum Gasteiger partial charge on any atom is -0.407 e. The Balaban J connectivity index is 1.57. The second kappa shape index (κ2) is 9.35. The van der Waals surface area contributed by atoms with Crippen molar-refractivity contribution in [2.45, 2.75) is 71.8 Å². The van der Waals surface area contributed by atoms with Crippen LogP contribution in [0.4, 0.5) is 0 Å². The monoisotopic (exact) mass is 460 g/mol. The quantitative estimate of drug-likeness (QED) is 0.454. The van der Waals surface area contributed by atoms with Crippen molar-refractivity contribution in [3.05, 3.63) is 72.3 Å². The summed E-state index contributed by atoms with van der Waals surface area (Å²) in [5, 5.41) is 2.68. The van der Waals surface area contributed by atoms with Crippen LogP contribution >= 0.6 is 0 Å². The number of carbonyl (C=O) groups is 1. The zero-order chi connectivity index (χ0) is 23.7. The van der Waals surface area contributed by atoms with E-state index in [1.54, 1.807) is 0 Å². The van der Waals surface area contributed by atoms with E-state index in [0.717, 1.165) is 44.3 Å². The van der Waals surface area contributed by atoms with Gasteiger partial charge in [0.25, 0.3) is 8.32 Å². The highest BCUT2D eigenvalue weighted by atomic mass is 28.4. The fourth-order valence-corrected chi connectivity index (χ4v) is 11.2. The Bertz CT molecular complexity index is 949. The number of rotatable bonds is 7. The van der Waals surface area contributed by atoms with Gasteiger partial charge < -0.3 is 4.43 Å². The first kappa shape index (κ1) is 24.2. The SMILES string of the molecule is C[C@H](CCO[Si](c1ccccc1)(c1ccccc1)C(C)(C)C)[C@H]1CC=C2C(=O)CCC[C@@]21C. The van der Waals surface area contributed by atoms with Gasteiger partial charge in [0.05, 0.1) is 0 Å². The van der Waals surface area contributed by atoms with E-state index in [0.29, 0.717) is 17.6 Å². The summed E-state index contributed by atoms with van der Waals surface area (Å²) in [6.45, 7) is 12.5. The Kier molecular flexibility index (Phi) is 6.84. The predicted octanol–water partition coefficient (Wildman–Crippen LogP) is 6.29. The summed E-state index contributed by atoms with van der Waals surface area (Å²) in [6.07, 6.45) is 7.24. The maximum Gasteiger partial charge on any atom is 0.261 e. The summed E-state index contributed by atoms with van der Waals surface area (Å²) < 4.78 is 7.14. The topological polar surface area (TPSA) is 26.3 Å². The van der Waals surface area contributed by atoms with Crippen LogP contribution in [0.2, 0.25) is 5.04 Å². The van der Waals surface area contributed by atoms with Gasteiger partial charge in [-0.25, -0.2) is 0 Å². The van der Waals surface area contributed by atoms with Crippen LogP contribution in [-0.4, -0.2) is 20.7 Å². The standard InChI is InChI=1S/C30H40O2Si/c1-23(26-18-19-27-28(31)17-12-21-30(26,27)5)20-22-32-33(29(2,3)4,24-13-8-6-9-14-24)25-15-10-7-11-16-25/h6-11,13-16,19,23,26H,12,17-18,20-22H2,1-5H3/t23-,26-,30-/m1/s1. The first-order valence-corrected chi connectivity index (χ1v) is 14.6. The second-order valence-electron chi connectivity index (χ2n) is 11.4. The van der Waals surface area contributed by atoms with Gasteiger partial charge in [-0.05, 0) is 63.9 Å². The van der Waals surface area contributed by atoms with Gasteiger partial charge in [0.2, 0.25) is 0 Å². The molecule has 0 amide bonds. The number of ketones is 1. The number of carbonyl (C=O) groups excluding carboxylic acids is 1. The lowest BCUT2D eigenvalue weighted by atomic mass is 9.63. The molecule has 0 heterocycles. The van der Waals surface area contributed by atoms with E-state index >= 15 is 0 Å². The highest BCUT2D eigenvalue weighted by Crippen LogP contribution is 2.54. The normalized spacial score (nSPS) is 24.3. The number of allylic oxidation sites excluding steroid dienone is 2. The van der Waals surface area contributed by atoms with Crippen molar-refractivity contribution in [2.75, 3.05) is 6.61 Å². The summed E-state index contributed by atoms with van der Waals surface area (Å²) in [6, 6.07) is 21.8. The molecule has 2 aromatic rings. The van der Waals surface area contributed by atoms with E-state index in [2.05, 4.69) is 101 Å². The molecular formula is C30H40O2Si. The third-order valence-electron chi connectivity index (χ3n) is 8.41. The molecule has 2 aliphatic rings. The van der Waals surface area contributed by atoms with Crippen LogP contribution in [0.15, 0.2) is 72.3 Å². The van der Waals surface area contributed by atoms with Gasteiger partial charge in [-0.1, -0.05) is 101 Å². The van der Waals surface area contributed by atoms with Crippen molar-refractivity contribution in [2.24, 2.45) is 17.3 Å². The molecular weight excluding hydrogens is 420 g/mol. The first-order chi connectivity index (χ1) is 15.7. The first-order valence-electron chi connectivity index (χ1n) is 12.7. The van der Waals surface area contributed by atoms with E-state index in [1.165, 1.54) is 10.4 Å². The second-order valence-corrected chi connectivity index (χ2v) is 15.7. The zero-order valence-corrected chi connectivity index (χ0v) is 22.1. The molecule has 0 aliphatic heterocycles. The van der Waals surface area contributed by atoms with Crippen LogP contribution in [0, 0.1) is 17.3 Å². The van der Waals surface area contributed by atoms with Crippen LogP contribution in [0.5, 0.6) is 0 Å². The number of hydrogen-bond acceptors (Lipinski definition) is 2. The smallest absolute Gasteiger partial charge is 0.261 e. The summed E-state index contributed by atoms with van der Waals surface area (Å²) in [7, 11) is -2.49. The molecule has 4 rings (SSSR count). The Morgan fingerprint density at radius 2 is 1.61 bits per heavy atom. The van der Waals surface area contributed by atoms with Crippen LogP contribution in [0.3, 0.4) is 0 Å². The minimum atomic E-state index is -2.49. The molecule has 1 saturated carbocycles. The zero-order valence-electron chi connectivity index (χ0n) is 21.1. The third-order valence-corrected chi connectivity index (χ3v) is 13.4. The number of hydrogen-bond donors (Lipinski definition) is 0. The lowest BCUT2D eigenvalue weighted by Gasteiger charge is -2.44. The average molecular weight is 461 g/mol. The van der Waals surface area contributed by atoms with Crippen molar-refractivity contribution in [1.29, 1.82) is 0 Å². The summed E-state index contributed by atoms with van der Waals surface area (Å²) in [5.41, 5.74) is 1.19. The molecule has 3 atom stereocenters. The van der Waals surface area contributed by atoms with E-state index < -0.39 is 8.32 Å². The predicted molar refractivity (Wildman–Crippen MR) is 141 cm³/mol. The van der Waals surface area contributed by atoms with Crippen molar-refractivity contribution in [1.82, 2.24) is 0 Å². The van der Waals surface area contributed by atoms with Crippen molar-refractivity contribution < 1.29 is 9.22 Å². The van der Waals surface area contributed by atoms with Crippen LogP contribution < -0.4 is 10.4 Å². The largest absolute Gasteiger partial charge is 0.407 e. The molecule has 0 aromatic heterocycles. The van der Waals surface area contributed by atoms with Gasteiger partial charge in [0.1, 0.15) is 0 Å². The van der Waals surface area contributed by atoms with E-state index in [9.17, 15) is 4.79 Å². The summed E-state index contributed by atoms with van der Waals surface area (Å²) in [5.74, 6) is 1.45. The molecule has 2 aliphatic carbocycles. The molecule has 3 heteroatoms. The van der Waals surface area contributed by atoms with Crippen LogP contribution in [0.1, 0.15) is 66.7 Å². The molecule has 33 heavy (non-hydrogen) atoms. The van der Waals surface area contributed by atoms with Gasteiger partial charge in [0.15, 0.2) is 5.78 Å². The molecule has 2 nitrogen and oxygen atoms in total. The Morgan fingerprint density at radius 3 is 2.15 bits per heavy atom. The lowest BCUT2D eigenvalue weighted by molar-refractivity contribution is -0.118. The number of benzene rings is 2. The molecule has 0 unspecified atom stereocenters. The van der Waals surface area contributed by atoms with Gasteiger partial charge in [0, 0.05) is 13.0 Å². The highest BCUT2D eigenvalue weighted by Gasteiger charge is 2.51. The Morgan fingerprint density at radius 1 is 1.03 bits per heavy atom. The van der Waals surface area contributed by atoms with Gasteiger partial charge in [-0.3, -0.25) is 4.79 Å². The Labute approximate surface area is 201 Å². The van der Waals surface area contributed by atoms with Gasteiger partial charge >= 0.3 is 0 Å². The molecule has 0 spiro atoms. The fraction of sp³-hybridized carbons (Fsp3) is 0.500. The van der Waals surface area contributed by atoms with E-state index in [1.807, 2.05) is 0 Å². The highest BCUT2D eigenvalue weighted by molar-refractivity contribution is 6.99. The van der Waals surface area contributed by atoms with E-state index in [4.69, 9.17) is 4.43 Å². The van der Waals surface area contributed by atoms with Crippen molar-refractivity contribution in [3.8, 4) is 0 Å². The van der Waals surface area contributed by atoms with Crippen molar-refractivity contribution >= 4 is 24.5 Å². The van der Waals surface area contributed by atoms with Crippen LogP contribution in [0.25, 0.3) is 0 Å². The Hall–Kier alpha value is -1.97. The van der Waals surface area contributed by atoms with Crippen LogP contribution in [-0.2, 0) is 9.22 Å². The lowest BCUT2D eigenvalue weighted by Crippen LogP contribution is -2.66. The van der Waals surface area contributed by atoms with Crippen molar-refractivity contribution in [3.63, 3.8) is 0 Å². The summed E-state index contributed by atoms with van der Waals surface area (Å²) in [4.78, 5) is 12.5. The third kappa shape index (κ3) is 4.30. The maximum absolute atomic E-state index is 12.5. The molecule has 0 N–H and O–H groups in total. The average Bonchev–Trinajstić information content (AvgIpc) is 3.15. The molecule has 0 bridgehead atoms. The van der Waals surface area contributed by atoms with Gasteiger partial charge in [-0.15, -0.1) is 0 Å².